The van der Waals surface area contributed by atoms with Crippen LogP contribution in [0.2, 0.25) is 5.02 Å². The lowest BCUT2D eigenvalue weighted by Crippen LogP contribution is -2.31. The van der Waals surface area contributed by atoms with Crippen LogP contribution in [0.15, 0.2) is 42.5 Å². The molecule has 4 nitrogen and oxygen atoms in total. The predicted octanol–water partition coefficient (Wildman–Crippen LogP) is 4.14. The molecule has 0 radical (unpaired) electrons. The second-order valence-electron chi connectivity index (χ2n) is 5.80. The quantitative estimate of drug-likeness (QED) is 0.698. The lowest BCUT2D eigenvalue weighted by atomic mass is 10.0. The molecule has 0 atom stereocenters. The standard InChI is InChI=1S/C20H22ClNO3/c1-4-22(13-15-6-5-7-18(21)10-15)20(24)12-17-11-16(14(2)23)8-9-19(17)25-3/h5-11H,4,12-13H2,1-3H3. The SMILES string of the molecule is CCN(Cc1cccc(Cl)c1)C(=O)Cc1cc(C(C)=O)ccc1OC. The van der Waals surface area contributed by atoms with Gasteiger partial charge in [0.25, 0.3) is 0 Å². The molecule has 0 saturated heterocycles. The van der Waals surface area contributed by atoms with Crippen molar-refractivity contribution in [2.75, 3.05) is 13.7 Å². The molecule has 0 heterocycles. The summed E-state index contributed by atoms with van der Waals surface area (Å²) < 4.78 is 5.33. The molecule has 0 aliphatic rings. The molecule has 132 valence electrons. The number of carbonyl (C=O) groups is 2. The first-order chi connectivity index (χ1) is 11.9. The minimum Gasteiger partial charge on any atom is -0.496 e. The largest absolute Gasteiger partial charge is 0.496 e. The van der Waals surface area contributed by atoms with Crippen LogP contribution in [0.3, 0.4) is 0 Å². The van der Waals surface area contributed by atoms with Crippen molar-refractivity contribution < 1.29 is 14.3 Å². The molecule has 2 aromatic rings. The lowest BCUT2D eigenvalue weighted by molar-refractivity contribution is -0.130. The zero-order valence-electron chi connectivity index (χ0n) is 14.7. The summed E-state index contributed by atoms with van der Waals surface area (Å²) in [5.41, 5.74) is 2.26. The minimum absolute atomic E-state index is 0.0264. The summed E-state index contributed by atoms with van der Waals surface area (Å²) in [5.74, 6) is 0.543. The highest BCUT2D eigenvalue weighted by molar-refractivity contribution is 6.30. The number of nitrogens with zero attached hydrogens (tertiary/aromatic N) is 1. The minimum atomic E-state index is -0.0392. The van der Waals surface area contributed by atoms with Gasteiger partial charge in [-0.05, 0) is 49.7 Å². The molecule has 25 heavy (non-hydrogen) atoms. The van der Waals surface area contributed by atoms with Crippen molar-refractivity contribution in [2.24, 2.45) is 0 Å². The van der Waals surface area contributed by atoms with Crippen molar-refractivity contribution in [3.63, 3.8) is 0 Å². The summed E-state index contributed by atoms with van der Waals surface area (Å²) >= 11 is 6.02. The summed E-state index contributed by atoms with van der Waals surface area (Å²) in [6, 6.07) is 12.6. The molecule has 0 N–H and O–H groups in total. The number of hydrogen-bond acceptors (Lipinski definition) is 3. The smallest absolute Gasteiger partial charge is 0.227 e. The van der Waals surface area contributed by atoms with Gasteiger partial charge in [0.1, 0.15) is 5.75 Å². The van der Waals surface area contributed by atoms with Crippen LogP contribution in [0.25, 0.3) is 0 Å². The molecule has 0 aliphatic heterocycles. The first-order valence-corrected chi connectivity index (χ1v) is 8.52. The topological polar surface area (TPSA) is 46.6 Å². The van der Waals surface area contributed by atoms with Gasteiger partial charge in [0.15, 0.2) is 5.78 Å². The Labute approximate surface area is 153 Å². The van der Waals surface area contributed by atoms with Gasteiger partial charge in [0, 0.05) is 29.2 Å². The molecule has 2 aromatic carbocycles. The van der Waals surface area contributed by atoms with Crippen molar-refractivity contribution in [3.05, 3.63) is 64.2 Å². The Balaban J connectivity index is 2.18. The van der Waals surface area contributed by atoms with E-state index in [0.29, 0.717) is 35.0 Å². The third-order valence-electron chi connectivity index (χ3n) is 4.03. The van der Waals surface area contributed by atoms with Crippen LogP contribution in [-0.4, -0.2) is 30.2 Å². The van der Waals surface area contributed by atoms with E-state index in [1.54, 1.807) is 36.3 Å². The van der Waals surface area contributed by atoms with E-state index in [0.717, 1.165) is 5.56 Å². The van der Waals surface area contributed by atoms with Gasteiger partial charge in [0.2, 0.25) is 5.91 Å². The number of halogens is 1. The van der Waals surface area contributed by atoms with Crippen LogP contribution < -0.4 is 4.74 Å². The number of likely N-dealkylation sites (N-methyl/N-ethyl adjacent to an activating group) is 1. The van der Waals surface area contributed by atoms with Crippen LogP contribution in [0.1, 0.15) is 35.3 Å². The average molecular weight is 360 g/mol. The van der Waals surface area contributed by atoms with Gasteiger partial charge in [-0.2, -0.15) is 0 Å². The Morgan fingerprint density at radius 2 is 1.92 bits per heavy atom. The second kappa shape index (κ2) is 8.67. The van der Waals surface area contributed by atoms with E-state index in [1.165, 1.54) is 6.92 Å². The number of carbonyl (C=O) groups excluding carboxylic acids is 2. The predicted molar refractivity (Wildman–Crippen MR) is 99.2 cm³/mol. The van der Waals surface area contributed by atoms with Gasteiger partial charge in [-0.1, -0.05) is 23.7 Å². The third-order valence-corrected chi connectivity index (χ3v) is 4.26. The van der Waals surface area contributed by atoms with Crippen molar-refractivity contribution >= 4 is 23.3 Å². The Bertz CT molecular complexity index is 773. The Morgan fingerprint density at radius 1 is 1.16 bits per heavy atom. The zero-order valence-corrected chi connectivity index (χ0v) is 15.5. The molecule has 0 unspecified atom stereocenters. The number of amides is 1. The molecule has 0 saturated carbocycles. The van der Waals surface area contributed by atoms with E-state index in [2.05, 4.69) is 0 Å². The average Bonchev–Trinajstić information content (AvgIpc) is 2.59. The van der Waals surface area contributed by atoms with Gasteiger partial charge in [0.05, 0.1) is 13.5 Å². The van der Waals surface area contributed by atoms with E-state index in [4.69, 9.17) is 16.3 Å². The maximum atomic E-state index is 12.7. The monoisotopic (exact) mass is 359 g/mol. The van der Waals surface area contributed by atoms with Crippen LogP contribution in [0.5, 0.6) is 5.75 Å². The number of benzene rings is 2. The highest BCUT2D eigenvalue weighted by Gasteiger charge is 2.16. The molecule has 1 amide bonds. The summed E-state index contributed by atoms with van der Waals surface area (Å²) in [7, 11) is 1.56. The summed E-state index contributed by atoms with van der Waals surface area (Å²) in [6.45, 7) is 4.52. The van der Waals surface area contributed by atoms with Crippen molar-refractivity contribution in [2.45, 2.75) is 26.8 Å². The number of methoxy groups -OCH3 is 1. The second-order valence-corrected chi connectivity index (χ2v) is 6.23. The van der Waals surface area contributed by atoms with E-state index in [1.807, 2.05) is 25.1 Å². The molecular formula is C20H22ClNO3. The first-order valence-electron chi connectivity index (χ1n) is 8.14. The Kier molecular flexibility index (Phi) is 6.59. The van der Waals surface area contributed by atoms with E-state index >= 15 is 0 Å². The van der Waals surface area contributed by atoms with E-state index in [-0.39, 0.29) is 18.1 Å². The van der Waals surface area contributed by atoms with Gasteiger partial charge >= 0.3 is 0 Å². The maximum absolute atomic E-state index is 12.7. The summed E-state index contributed by atoms with van der Waals surface area (Å²) in [4.78, 5) is 26.1. The van der Waals surface area contributed by atoms with Crippen LogP contribution >= 0.6 is 11.6 Å². The molecule has 0 fully saturated rings. The third kappa shape index (κ3) is 5.07. The van der Waals surface area contributed by atoms with Crippen molar-refractivity contribution in [1.82, 2.24) is 4.90 Å². The molecule has 0 spiro atoms. The molecule has 2 rings (SSSR count). The van der Waals surface area contributed by atoms with Crippen LogP contribution in [-0.2, 0) is 17.8 Å². The molecule has 0 aliphatic carbocycles. The van der Waals surface area contributed by atoms with Crippen molar-refractivity contribution in [3.8, 4) is 5.75 Å². The number of rotatable bonds is 7. The van der Waals surface area contributed by atoms with Gasteiger partial charge in [-0.3, -0.25) is 9.59 Å². The summed E-state index contributed by atoms with van der Waals surface area (Å²) in [6.07, 6.45) is 0.179. The highest BCUT2D eigenvalue weighted by atomic mass is 35.5. The summed E-state index contributed by atoms with van der Waals surface area (Å²) in [5, 5.41) is 0.650. The fraction of sp³-hybridized carbons (Fsp3) is 0.300. The van der Waals surface area contributed by atoms with Crippen LogP contribution in [0, 0.1) is 0 Å². The van der Waals surface area contributed by atoms with Crippen molar-refractivity contribution in [1.29, 1.82) is 0 Å². The van der Waals surface area contributed by atoms with Gasteiger partial charge in [-0.25, -0.2) is 0 Å². The fourth-order valence-electron chi connectivity index (χ4n) is 2.64. The number of Topliss-reactive ketones (excluding diaryl/α,β-unsaturated/α-hetero) is 1. The number of ketones is 1. The lowest BCUT2D eigenvalue weighted by Gasteiger charge is -2.22. The van der Waals surface area contributed by atoms with E-state index < -0.39 is 0 Å². The fourth-order valence-corrected chi connectivity index (χ4v) is 2.86. The Morgan fingerprint density at radius 3 is 2.52 bits per heavy atom. The van der Waals surface area contributed by atoms with Gasteiger partial charge in [-0.15, -0.1) is 0 Å². The molecule has 0 bridgehead atoms. The Hall–Kier alpha value is -2.33. The maximum Gasteiger partial charge on any atom is 0.227 e. The number of hydrogen-bond donors (Lipinski definition) is 0. The van der Waals surface area contributed by atoms with Gasteiger partial charge < -0.3 is 9.64 Å². The van der Waals surface area contributed by atoms with E-state index in [9.17, 15) is 9.59 Å². The first kappa shape index (κ1) is 19.0. The normalized spacial score (nSPS) is 10.4. The van der Waals surface area contributed by atoms with Crippen LogP contribution in [0.4, 0.5) is 0 Å². The zero-order chi connectivity index (χ0) is 18.4. The number of ether oxygens (including phenoxy) is 1. The molecular weight excluding hydrogens is 338 g/mol. The molecule has 0 aromatic heterocycles. The highest BCUT2D eigenvalue weighted by Crippen LogP contribution is 2.22. The molecule has 5 heteroatoms.